The number of hydrogen-bond acceptors (Lipinski definition) is 5. The highest BCUT2D eigenvalue weighted by molar-refractivity contribution is 7.10. The molecule has 0 unspecified atom stereocenters. The first-order chi connectivity index (χ1) is 11.2. The number of amides is 6. The second kappa shape index (κ2) is 7.00. The molecule has 2 heterocycles. The lowest BCUT2D eigenvalue weighted by Crippen LogP contribution is -2.47. The van der Waals surface area contributed by atoms with E-state index in [0.29, 0.717) is 11.4 Å². The van der Waals surface area contributed by atoms with Gasteiger partial charge in [-0.2, -0.15) is 0 Å². The van der Waals surface area contributed by atoms with Crippen LogP contribution in [0, 0.1) is 5.92 Å². The van der Waals surface area contributed by atoms with Crippen molar-refractivity contribution in [1.82, 2.24) is 20.9 Å². The van der Waals surface area contributed by atoms with Crippen molar-refractivity contribution < 1.29 is 19.2 Å². The molecule has 9 heteroatoms. The largest absolute Gasteiger partial charge is 0.338 e. The predicted octanol–water partition coefficient (Wildman–Crippen LogP) is 0.997. The number of nitrogens with zero attached hydrogens (tertiary/aromatic N) is 1. The number of nitrogens with one attached hydrogen (secondary N) is 3. The van der Waals surface area contributed by atoms with Crippen LogP contribution in [-0.4, -0.2) is 41.9 Å². The average molecular weight is 352 g/mol. The lowest BCUT2D eigenvalue weighted by Gasteiger charge is -2.19. The van der Waals surface area contributed by atoms with Crippen LogP contribution in [0.25, 0.3) is 0 Å². The van der Waals surface area contributed by atoms with Crippen molar-refractivity contribution in [3.05, 3.63) is 22.4 Å². The molecule has 0 radical (unpaired) electrons. The molecule has 1 aromatic rings. The first-order valence-electron chi connectivity index (χ1n) is 7.50. The van der Waals surface area contributed by atoms with Crippen LogP contribution in [0.15, 0.2) is 17.5 Å². The molecule has 1 aliphatic heterocycles. The number of hydrogen-bond donors (Lipinski definition) is 3. The molecular formula is C15H20N4O4S. The van der Waals surface area contributed by atoms with Crippen LogP contribution >= 0.6 is 11.3 Å². The van der Waals surface area contributed by atoms with Gasteiger partial charge in [0.15, 0.2) is 5.54 Å². The number of rotatable bonds is 5. The highest BCUT2D eigenvalue weighted by atomic mass is 32.1. The fourth-order valence-corrected chi connectivity index (χ4v) is 3.06. The zero-order valence-electron chi connectivity index (χ0n) is 13.7. The fraction of sp³-hybridized carbons (Fsp3) is 0.467. The number of urea groups is 2. The van der Waals surface area contributed by atoms with Crippen molar-refractivity contribution in [3.63, 3.8) is 0 Å². The van der Waals surface area contributed by atoms with Crippen molar-refractivity contribution >= 4 is 35.2 Å². The van der Waals surface area contributed by atoms with Gasteiger partial charge in [-0.1, -0.05) is 19.9 Å². The molecule has 0 spiro atoms. The van der Waals surface area contributed by atoms with Crippen LogP contribution in [0.2, 0.25) is 0 Å². The number of carbonyl (C=O) groups excluding carboxylic acids is 4. The molecular weight excluding hydrogens is 332 g/mol. The first kappa shape index (κ1) is 17.9. The summed E-state index contributed by atoms with van der Waals surface area (Å²) < 4.78 is 0. The Morgan fingerprint density at radius 1 is 1.38 bits per heavy atom. The highest BCUT2D eigenvalue weighted by Gasteiger charge is 2.50. The van der Waals surface area contributed by atoms with E-state index >= 15 is 0 Å². The summed E-state index contributed by atoms with van der Waals surface area (Å²) in [5, 5.41) is 9.03. The van der Waals surface area contributed by atoms with E-state index in [1.165, 1.54) is 11.3 Å². The van der Waals surface area contributed by atoms with Gasteiger partial charge >= 0.3 is 12.1 Å². The van der Waals surface area contributed by atoms with E-state index in [1.54, 1.807) is 24.4 Å². The van der Waals surface area contributed by atoms with Crippen LogP contribution in [0.3, 0.4) is 0 Å². The Balaban J connectivity index is 1.97. The van der Waals surface area contributed by atoms with Gasteiger partial charge in [0.25, 0.3) is 5.91 Å². The molecule has 1 atom stereocenters. The smallest absolute Gasteiger partial charge is 0.325 e. The maximum absolute atomic E-state index is 12.5. The molecule has 130 valence electrons. The SMILES string of the molecule is CC(C)CNC(=O)NC(=O)CN1C(=O)N[C@@](C)(c2cccs2)C1=O. The van der Waals surface area contributed by atoms with E-state index in [4.69, 9.17) is 0 Å². The quantitative estimate of drug-likeness (QED) is 0.687. The van der Waals surface area contributed by atoms with Gasteiger partial charge in [0, 0.05) is 11.4 Å². The molecule has 3 N–H and O–H groups in total. The van der Waals surface area contributed by atoms with Crippen molar-refractivity contribution in [2.24, 2.45) is 5.92 Å². The first-order valence-corrected chi connectivity index (χ1v) is 8.37. The highest BCUT2D eigenvalue weighted by Crippen LogP contribution is 2.31. The summed E-state index contributed by atoms with van der Waals surface area (Å²) in [6.45, 7) is 5.33. The topological polar surface area (TPSA) is 108 Å². The van der Waals surface area contributed by atoms with Crippen LogP contribution in [0.4, 0.5) is 9.59 Å². The fourth-order valence-electron chi connectivity index (χ4n) is 2.22. The molecule has 8 nitrogen and oxygen atoms in total. The Hall–Kier alpha value is -2.42. The molecule has 0 bridgehead atoms. The maximum atomic E-state index is 12.5. The van der Waals surface area contributed by atoms with Crippen LogP contribution in [0.5, 0.6) is 0 Å². The Morgan fingerprint density at radius 2 is 2.08 bits per heavy atom. The second-order valence-corrected chi connectivity index (χ2v) is 7.02. The van der Waals surface area contributed by atoms with Crippen molar-refractivity contribution in [2.45, 2.75) is 26.3 Å². The molecule has 0 aromatic carbocycles. The number of thiophene rings is 1. The molecule has 1 aliphatic rings. The minimum Gasteiger partial charge on any atom is -0.338 e. The van der Waals surface area contributed by atoms with Crippen LogP contribution in [-0.2, 0) is 15.1 Å². The molecule has 0 aliphatic carbocycles. The minimum absolute atomic E-state index is 0.239. The summed E-state index contributed by atoms with van der Waals surface area (Å²) >= 11 is 1.34. The van der Waals surface area contributed by atoms with Gasteiger partial charge in [-0.25, -0.2) is 9.59 Å². The Morgan fingerprint density at radius 3 is 2.67 bits per heavy atom. The van der Waals surface area contributed by atoms with Gasteiger partial charge in [-0.05, 0) is 24.3 Å². The van der Waals surface area contributed by atoms with Gasteiger partial charge in [0.05, 0.1) is 0 Å². The third-order valence-corrected chi connectivity index (χ3v) is 4.61. The number of carbonyl (C=O) groups is 4. The molecule has 1 fully saturated rings. The average Bonchev–Trinajstić information content (AvgIpc) is 3.10. The monoisotopic (exact) mass is 352 g/mol. The summed E-state index contributed by atoms with van der Waals surface area (Å²) in [6.07, 6.45) is 0. The lowest BCUT2D eigenvalue weighted by molar-refractivity contribution is -0.134. The zero-order chi connectivity index (χ0) is 17.9. The van der Waals surface area contributed by atoms with Gasteiger partial charge in [-0.3, -0.25) is 19.8 Å². The minimum atomic E-state index is -1.19. The van der Waals surface area contributed by atoms with Crippen molar-refractivity contribution in [3.8, 4) is 0 Å². The lowest BCUT2D eigenvalue weighted by atomic mass is 10.0. The van der Waals surface area contributed by atoms with Crippen LogP contribution in [0.1, 0.15) is 25.6 Å². The van der Waals surface area contributed by atoms with E-state index in [1.807, 2.05) is 13.8 Å². The second-order valence-electron chi connectivity index (χ2n) is 6.08. The molecule has 2 rings (SSSR count). The summed E-state index contributed by atoms with van der Waals surface area (Å²) in [6, 6.07) is 2.21. The van der Waals surface area contributed by atoms with Crippen molar-refractivity contribution in [2.75, 3.05) is 13.1 Å². The summed E-state index contributed by atoms with van der Waals surface area (Å²) in [7, 11) is 0. The predicted molar refractivity (Wildman–Crippen MR) is 88.3 cm³/mol. The Kier molecular flexibility index (Phi) is 5.23. The van der Waals surface area contributed by atoms with E-state index in [2.05, 4.69) is 16.0 Å². The van der Waals surface area contributed by atoms with E-state index < -0.39 is 36.0 Å². The maximum Gasteiger partial charge on any atom is 0.325 e. The zero-order valence-corrected chi connectivity index (χ0v) is 14.5. The van der Waals surface area contributed by atoms with Crippen LogP contribution < -0.4 is 16.0 Å². The van der Waals surface area contributed by atoms with Gasteiger partial charge in [0.1, 0.15) is 6.54 Å². The Labute approximate surface area is 143 Å². The molecule has 24 heavy (non-hydrogen) atoms. The molecule has 6 amide bonds. The molecule has 1 saturated heterocycles. The van der Waals surface area contributed by atoms with Crippen molar-refractivity contribution in [1.29, 1.82) is 0 Å². The van der Waals surface area contributed by atoms with E-state index in [0.717, 1.165) is 4.90 Å². The van der Waals surface area contributed by atoms with Gasteiger partial charge in [0.2, 0.25) is 5.91 Å². The Bertz CT molecular complexity index is 658. The molecule has 0 saturated carbocycles. The third kappa shape index (κ3) is 3.73. The summed E-state index contributed by atoms with van der Waals surface area (Å²) in [5.74, 6) is -1.01. The van der Waals surface area contributed by atoms with Gasteiger partial charge in [-0.15, -0.1) is 11.3 Å². The number of imide groups is 2. The standard InChI is InChI=1S/C15H20N4O4S/c1-9(2)7-16-13(22)17-11(20)8-19-12(21)15(3,18-14(19)23)10-5-4-6-24-10/h4-6,9H,7-8H2,1-3H3,(H,18,23)(H2,16,17,20,22)/t15-/m0/s1. The summed E-state index contributed by atoms with van der Waals surface area (Å²) in [4.78, 5) is 49.5. The van der Waals surface area contributed by atoms with E-state index in [-0.39, 0.29) is 5.92 Å². The molecule has 1 aromatic heterocycles. The summed E-state index contributed by atoms with van der Waals surface area (Å²) in [5.41, 5.74) is -1.19. The third-order valence-electron chi connectivity index (χ3n) is 3.51. The normalized spacial score (nSPS) is 20.2. The van der Waals surface area contributed by atoms with Gasteiger partial charge < -0.3 is 10.6 Å². The van der Waals surface area contributed by atoms with E-state index in [9.17, 15) is 19.2 Å².